The fraction of sp³-hybridized carbons (Fsp3) is 0.526. The molecule has 272 valence electrons. The normalized spacial score (nSPS) is 22.4. The van der Waals surface area contributed by atoms with E-state index in [1.165, 1.54) is 17.2 Å². The Hall–Kier alpha value is -3.16. The molecule has 1 atom stereocenters. The van der Waals surface area contributed by atoms with Gasteiger partial charge in [0.25, 0.3) is 5.91 Å². The maximum atomic E-state index is 14.3. The lowest BCUT2D eigenvalue weighted by Crippen LogP contribution is -2.43. The van der Waals surface area contributed by atoms with E-state index in [1.54, 1.807) is 0 Å². The second-order valence-corrected chi connectivity index (χ2v) is 13.8. The number of morpholine rings is 1. The van der Waals surface area contributed by atoms with Crippen LogP contribution in [0.4, 0.5) is 4.39 Å². The van der Waals surface area contributed by atoms with E-state index in [0.717, 1.165) is 108 Å². The molecular weight excluding hydrogens is 659 g/mol. The van der Waals surface area contributed by atoms with Gasteiger partial charge in [-0.15, -0.1) is 12.4 Å². The molecule has 12 heteroatoms. The van der Waals surface area contributed by atoms with Crippen molar-refractivity contribution in [3.8, 4) is 22.8 Å². The van der Waals surface area contributed by atoms with Crippen molar-refractivity contribution in [2.45, 2.75) is 70.2 Å². The smallest absolute Gasteiger partial charge is 0.257 e. The van der Waals surface area contributed by atoms with Crippen LogP contribution < -0.4 is 15.8 Å². The summed E-state index contributed by atoms with van der Waals surface area (Å²) in [4.78, 5) is 24.8. The van der Waals surface area contributed by atoms with Crippen LogP contribution in [0.3, 0.4) is 0 Å². The van der Waals surface area contributed by atoms with Gasteiger partial charge < -0.3 is 25.6 Å². The number of halogens is 2. The van der Waals surface area contributed by atoms with Crippen LogP contribution in [-0.4, -0.2) is 108 Å². The Balaban J connectivity index is 0.00000486. The van der Waals surface area contributed by atoms with Crippen LogP contribution >= 0.6 is 12.4 Å². The predicted molar refractivity (Wildman–Crippen MR) is 195 cm³/mol. The minimum atomic E-state index is -0.596. The molecule has 1 aromatic heterocycles. The van der Waals surface area contributed by atoms with Gasteiger partial charge >= 0.3 is 0 Å². The van der Waals surface area contributed by atoms with Gasteiger partial charge in [0.2, 0.25) is 5.88 Å². The number of amides is 1. The Labute approximate surface area is 301 Å². The van der Waals surface area contributed by atoms with Crippen molar-refractivity contribution in [3.05, 3.63) is 77.2 Å². The number of aliphatic hydroxyl groups is 1. The summed E-state index contributed by atoms with van der Waals surface area (Å²) in [5, 5.41) is 12.4. The fourth-order valence-electron chi connectivity index (χ4n) is 7.21. The molecule has 0 unspecified atom stereocenters. The molecule has 3 fully saturated rings. The highest BCUT2D eigenvalue weighted by molar-refractivity contribution is 5.96. The van der Waals surface area contributed by atoms with Gasteiger partial charge in [0.15, 0.2) is 0 Å². The zero-order chi connectivity index (χ0) is 34.2. The third-order valence-corrected chi connectivity index (χ3v) is 10.1. The number of carbonyl (C=O) groups is 1. The van der Waals surface area contributed by atoms with Gasteiger partial charge in [0, 0.05) is 57.4 Å². The lowest BCUT2D eigenvalue weighted by molar-refractivity contribution is -0.00431. The van der Waals surface area contributed by atoms with Crippen LogP contribution in [0.15, 0.2) is 54.7 Å². The first-order valence-electron chi connectivity index (χ1n) is 17.8. The molecule has 6 rings (SSSR count). The van der Waals surface area contributed by atoms with Crippen LogP contribution in [-0.2, 0) is 17.8 Å². The molecule has 2 saturated heterocycles. The molecule has 1 saturated carbocycles. The Morgan fingerprint density at radius 1 is 1.04 bits per heavy atom. The van der Waals surface area contributed by atoms with Crippen LogP contribution in [0.1, 0.15) is 60.5 Å². The third kappa shape index (κ3) is 10.2. The summed E-state index contributed by atoms with van der Waals surface area (Å²) in [7, 11) is 0. The number of hydrogen-bond acceptors (Lipinski definition) is 9. The van der Waals surface area contributed by atoms with E-state index < -0.39 is 11.7 Å². The van der Waals surface area contributed by atoms with Crippen LogP contribution in [0, 0.1) is 5.82 Å². The van der Waals surface area contributed by atoms with Crippen LogP contribution in [0.5, 0.6) is 11.6 Å². The summed E-state index contributed by atoms with van der Waals surface area (Å²) in [6.45, 7) is 11.1. The van der Waals surface area contributed by atoms with E-state index >= 15 is 0 Å². The molecule has 3 heterocycles. The Morgan fingerprint density at radius 2 is 1.84 bits per heavy atom. The molecule has 0 radical (unpaired) electrons. The highest BCUT2D eigenvalue weighted by atomic mass is 35.5. The lowest BCUT2D eigenvalue weighted by Gasteiger charge is -2.34. The molecule has 0 spiro atoms. The number of nitrogens with zero attached hydrogens (tertiary/aromatic N) is 4. The second kappa shape index (κ2) is 18.4. The average molecular weight is 711 g/mol. The van der Waals surface area contributed by atoms with Gasteiger partial charge in [-0.1, -0.05) is 30.3 Å². The van der Waals surface area contributed by atoms with Crippen molar-refractivity contribution >= 4 is 18.3 Å². The zero-order valence-electron chi connectivity index (χ0n) is 29.1. The van der Waals surface area contributed by atoms with Crippen LogP contribution in [0.2, 0.25) is 0 Å². The zero-order valence-corrected chi connectivity index (χ0v) is 29.9. The van der Waals surface area contributed by atoms with Gasteiger partial charge in [-0.3, -0.25) is 19.5 Å². The quantitative estimate of drug-likeness (QED) is 0.258. The van der Waals surface area contributed by atoms with E-state index in [0.29, 0.717) is 18.4 Å². The molecule has 50 heavy (non-hydrogen) atoms. The minimum absolute atomic E-state index is 0. The standard InChI is InChI=1S/C38H51FN6O4.ClH/c1-27-26-48-19-17-45(27)25-30-20-28(24-44-13-3-12-43(14-15-44)16-18-46)6-11-35(30)29-4-2-5-34(21-29)49-38-36(22-31(39)23-41-38)37(47)42-33-9-7-32(40)8-10-33;/h2,4-6,11,20-23,27,32-33,46H,3,7-10,12-19,24-26,40H2,1H3,(H,42,47);1H/t27-,32-,33-;/m0./s1. The van der Waals surface area contributed by atoms with E-state index in [9.17, 15) is 14.3 Å². The van der Waals surface area contributed by atoms with E-state index in [-0.39, 0.29) is 42.5 Å². The Morgan fingerprint density at radius 3 is 2.64 bits per heavy atom. The number of carbonyl (C=O) groups excluding carboxylic acids is 1. The van der Waals surface area contributed by atoms with Crippen molar-refractivity contribution in [2.24, 2.45) is 5.73 Å². The first-order valence-corrected chi connectivity index (χ1v) is 17.8. The molecule has 0 bridgehead atoms. The lowest BCUT2D eigenvalue weighted by atomic mass is 9.91. The van der Waals surface area contributed by atoms with Crippen molar-refractivity contribution in [1.82, 2.24) is 25.0 Å². The fourth-order valence-corrected chi connectivity index (χ4v) is 7.21. The SMILES string of the molecule is C[C@H]1COCCN1Cc1cc(CN2CCCN(CCO)CC2)ccc1-c1cccc(Oc2ncc(F)cc2C(=O)N[C@H]2CC[C@H](N)CC2)c1.Cl. The van der Waals surface area contributed by atoms with Gasteiger partial charge in [-0.25, -0.2) is 9.37 Å². The Bertz CT molecular complexity index is 1560. The monoisotopic (exact) mass is 710 g/mol. The number of pyridine rings is 1. The molecule has 2 aromatic carbocycles. The number of β-amino-alcohol motifs (C(OH)–C–C–N with tert-alkyl or cyclic N) is 1. The maximum absolute atomic E-state index is 14.3. The Kier molecular flexibility index (Phi) is 14.0. The van der Waals surface area contributed by atoms with Gasteiger partial charge in [0.05, 0.1) is 26.0 Å². The molecule has 1 aliphatic carbocycles. The molecule has 1 amide bonds. The summed E-state index contributed by atoms with van der Waals surface area (Å²) in [6.07, 6.45) is 5.44. The molecular formula is C38H52ClFN6O4. The minimum Gasteiger partial charge on any atom is -0.438 e. The van der Waals surface area contributed by atoms with Crippen molar-refractivity contribution in [2.75, 3.05) is 59.1 Å². The first-order chi connectivity index (χ1) is 23.8. The van der Waals surface area contributed by atoms with E-state index in [4.69, 9.17) is 15.2 Å². The topological polar surface area (TPSA) is 116 Å². The molecule has 10 nitrogen and oxygen atoms in total. The number of hydrogen-bond donors (Lipinski definition) is 3. The number of ether oxygens (including phenoxy) is 2. The summed E-state index contributed by atoms with van der Waals surface area (Å²) in [6, 6.07) is 16.2. The van der Waals surface area contributed by atoms with E-state index in [1.807, 2.05) is 18.2 Å². The molecule has 3 aromatic rings. The second-order valence-electron chi connectivity index (χ2n) is 13.8. The summed E-state index contributed by atoms with van der Waals surface area (Å²) >= 11 is 0. The summed E-state index contributed by atoms with van der Waals surface area (Å²) < 4.78 is 26.3. The van der Waals surface area contributed by atoms with Gasteiger partial charge in [-0.2, -0.15) is 0 Å². The van der Waals surface area contributed by atoms with Crippen molar-refractivity contribution in [3.63, 3.8) is 0 Å². The number of nitrogens with one attached hydrogen (secondary N) is 1. The van der Waals surface area contributed by atoms with Crippen molar-refractivity contribution in [1.29, 1.82) is 0 Å². The summed E-state index contributed by atoms with van der Waals surface area (Å²) in [5.41, 5.74) is 10.7. The molecule has 3 aliphatic rings. The highest BCUT2D eigenvalue weighted by Gasteiger charge is 2.25. The summed E-state index contributed by atoms with van der Waals surface area (Å²) in [5.74, 6) is -0.416. The van der Waals surface area contributed by atoms with E-state index in [2.05, 4.69) is 56.2 Å². The number of nitrogens with two attached hydrogens (primary N) is 1. The number of rotatable bonds is 11. The van der Waals surface area contributed by atoms with Gasteiger partial charge in [0.1, 0.15) is 17.1 Å². The maximum Gasteiger partial charge on any atom is 0.257 e. The molecule has 2 aliphatic heterocycles. The average Bonchev–Trinajstić information content (AvgIpc) is 3.32. The van der Waals surface area contributed by atoms with Gasteiger partial charge in [-0.05, 0) is 92.6 Å². The number of aromatic nitrogens is 1. The number of benzene rings is 2. The van der Waals surface area contributed by atoms with Crippen molar-refractivity contribution < 1.29 is 23.8 Å². The van der Waals surface area contributed by atoms with Crippen LogP contribution in [0.25, 0.3) is 11.1 Å². The molecule has 4 N–H and O–H groups in total. The first kappa shape index (κ1) is 38.1. The number of aliphatic hydroxyl groups excluding tert-OH is 1. The third-order valence-electron chi connectivity index (χ3n) is 10.1. The predicted octanol–water partition coefficient (Wildman–Crippen LogP) is 4.82. The largest absolute Gasteiger partial charge is 0.438 e. The highest BCUT2D eigenvalue weighted by Crippen LogP contribution is 2.32.